The summed E-state index contributed by atoms with van der Waals surface area (Å²) in [6, 6.07) is 3.72. The molecule has 1 amide bonds. The van der Waals surface area contributed by atoms with Gasteiger partial charge in [-0.1, -0.05) is 19.6 Å². The average molecular weight is 587 g/mol. The van der Waals surface area contributed by atoms with Crippen LogP contribution in [0.3, 0.4) is 0 Å². The molecule has 1 aliphatic heterocycles. The van der Waals surface area contributed by atoms with Gasteiger partial charge >= 0.3 is 12.1 Å². The summed E-state index contributed by atoms with van der Waals surface area (Å²) >= 11 is 0. The van der Waals surface area contributed by atoms with E-state index in [-0.39, 0.29) is 17.1 Å². The lowest BCUT2D eigenvalue weighted by Crippen LogP contribution is -2.29. The molecule has 3 heterocycles. The number of ether oxygens (including phenoxy) is 3. The molecule has 0 aliphatic carbocycles. The van der Waals surface area contributed by atoms with Crippen LogP contribution in [-0.2, 0) is 20.7 Å². The zero-order valence-corrected chi connectivity index (χ0v) is 26.0. The number of nitrogens with one attached hydrogen (secondary N) is 1. The third-order valence-corrected chi connectivity index (χ3v) is 8.50. The molecule has 1 atom stereocenters. The SMILES string of the molecule is Cc1nc2cc(NC(=O)OCC[Si](C)(C)C)nn2c(-c2cc(F)c3c(c2C)CCCO3)c1[C@H](OC(C)(C)C)C(=O)O. The maximum absolute atomic E-state index is 15.5. The number of rotatable bonds is 8. The van der Waals surface area contributed by atoms with Crippen LogP contribution in [0.1, 0.15) is 55.7 Å². The molecule has 0 radical (unpaired) electrons. The summed E-state index contributed by atoms with van der Waals surface area (Å²) < 4.78 is 33.9. The second-order valence-electron chi connectivity index (χ2n) is 12.6. The van der Waals surface area contributed by atoms with Crippen LogP contribution in [0, 0.1) is 19.7 Å². The molecule has 0 unspecified atom stereocenters. The van der Waals surface area contributed by atoms with E-state index in [0.717, 1.165) is 23.6 Å². The fourth-order valence-electron chi connectivity index (χ4n) is 4.85. The second-order valence-corrected chi connectivity index (χ2v) is 18.2. The van der Waals surface area contributed by atoms with Crippen molar-refractivity contribution < 1.29 is 33.3 Å². The highest BCUT2D eigenvalue weighted by Crippen LogP contribution is 2.41. The molecule has 3 aromatic rings. The highest BCUT2D eigenvalue weighted by molar-refractivity contribution is 6.76. The summed E-state index contributed by atoms with van der Waals surface area (Å²) in [5.74, 6) is -1.39. The Kier molecular flexibility index (Phi) is 8.47. The van der Waals surface area contributed by atoms with Gasteiger partial charge < -0.3 is 19.3 Å². The number of carbonyl (C=O) groups is 2. The first-order chi connectivity index (χ1) is 19.1. The van der Waals surface area contributed by atoms with Gasteiger partial charge in [0.05, 0.1) is 24.5 Å². The van der Waals surface area contributed by atoms with Crippen molar-refractivity contribution in [1.29, 1.82) is 0 Å². The Morgan fingerprint density at radius 1 is 1.24 bits per heavy atom. The molecular weight excluding hydrogens is 547 g/mol. The zero-order valence-electron chi connectivity index (χ0n) is 25.0. The van der Waals surface area contributed by atoms with Gasteiger partial charge in [-0.05, 0) is 65.1 Å². The van der Waals surface area contributed by atoms with Crippen LogP contribution in [-0.4, -0.2) is 58.7 Å². The van der Waals surface area contributed by atoms with Crippen molar-refractivity contribution in [3.05, 3.63) is 40.3 Å². The van der Waals surface area contributed by atoms with Crippen LogP contribution in [0.5, 0.6) is 5.75 Å². The summed E-state index contributed by atoms with van der Waals surface area (Å²) in [5, 5.41) is 17.5. The molecule has 10 nitrogen and oxygen atoms in total. The minimum atomic E-state index is -1.43. The number of fused-ring (bicyclic) bond motifs is 2. The van der Waals surface area contributed by atoms with Crippen LogP contribution >= 0.6 is 0 Å². The fourth-order valence-corrected chi connectivity index (χ4v) is 5.56. The summed E-state index contributed by atoms with van der Waals surface area (Å²) in [4.78, 5) is 29.7. The van der Waals surface area contributed by atoms with Gasteiger partial charge in [-0.15, -0.1) is 5.10 Å². The number of carboxylic acids is 1. The molecule has 0 saturated carbocycles. The van der Waals surface area contributed by atoms with Crippen molar-refractivity contribution in [2.24, 2.45) is 0 Å². The standard InChI is InChI=1S/C29H39FN4O6Si/c1-16-18-10-9-11-38-25(18)20(30)14-19(16)24-23(26(27(35)36)40-29(3,4)5)17(2)31-22-15-21(33-34(22)24)32-28(37)39-12-13-41(6,7)8/h14-15,26H,9-13H2,1-8H3,(H,35,36)(H,32,33,37)/t26-/m0/s1. The fraction of sp³-hybridized carbons (Fsp3) is 0.517. The number of anilines is 1. The molecule has 0 fully saturated rings. The molecule has 1 aliphatic rings. The third kappa shape index (κ3) is 6.87. The van der Waals surface area contributed by atoms with Crippen molar-refractivity contribution in [3.8, 4) is 17.0 Å². The molecule has 222 valence electrons. The molecular formula is C29H39FN4O6Si. The number of hydrogen-bond acceptors (Lipinski definition) is 7. The van der Waals surface area contributed by atoms with Crippen LogP contribution < -0.4 is 10.1 Å². The summed E-state index contributed by atoms with van der Waals surface area (Å²) in [6.45, 7) is 16.1. The van der Waals surface area contributed by atoms with E-state index in [4.69, 9.17) is 14.2 Å². The number of carbonyl (C=O) groups excluding carboxylic acids is 1. The molecule has 4 rings (SSSR count). The number of aliphatic carboxylic acids is 1. The van der Waals surface area contributed by atoms with Crippen LogP contribution in [0.25, 0.3) is 16.9 Å². The number of carboxylic acid groups (broad SMARTS) is 1. The average Bonchev–Trinajstić information content (AvgIpc) is 3.24. The lowest BCUT2D eigenvalue weighted by Gasteiger charge is -2.28. The van der Waals surface area contributed by atoms with Gasteiger partial charge in [0.1, 0.15) is 0 Å². The Morgan fingerprint density at radius 2 is 1.95 bits per heavy atom. The van der Waals surface area contributed by atoms with Gasteiger partial charge in [0.25, 0.3) is 0 Å². The first kappa shape index (κ1) is 30.4. The van der Waals surface area contributed by atoms with Crippen molar-refractivity contribution in [1.82, 2.24) is 14.6 Å². The molecule has 0 spiro atoms. The second kappa shape index (κ2) is 11.4. The number of amides is 1. The minimum Gasteiger partial charge on any atom is -0.490 e. The van der Waals surface area contributed by atoms with Gasteiger partial charge in [-0.2, -0.15) is 0 Å². The third-order valence-electron chi connectivity index (χ3n) is 6.79. The van der Waals surface area contributed by atoms with Gasteiger partial charge in [0, 0.05) is 36.5 Å². The first-order valence-corrected chi connectivity index (χ1v) is 17.5. The summed E-state index contributed by atoms with van der Waals surface area (Å²) in [7, 11) is -1.39. The Morgan fingerprint density at radius 3 is 2.59 bits per heavy atom. The number of aryl methyl sites for hydroxylation is 1. The summed E-state index contributed by atoms with van der Waals surface area (Å²) in [5.41, 5.74) is 2.36. The monoisotopic (exact) mass is 586 g/mol. The lowest BCUT2D eigenvalue weighted by molar-refractivity contribution is -0.160. The van der Waals surface area contributed by atoms with E-state index in [1.807, 2.05) is 6.92 Å². The first-order valence-electron chi connectivity index (χ1n) is 13.8. The number of hydrogen-bond donors (Lipinski definition) is 2. The Balaban J connectivity index is 1.90. The Labute approximate surface area is 240 Å². The van der Waals surface area contributed by atoms with E-state index in [2.05, 4.69) is 35.0 Å². The predicted octanol–water partition coefficient (Wildman–Crippen LogP) is 6.30. The molecule has 0 bridgehead atoms. The van der Waals surface area contributed by atoms with Crippen LogP contribution in [0.4, 0.5) is 15.0 Å². The van der Waals surface area contributed by atoms with E-state index in [1.165, 1.54) is 10.6 Å². The van der Waals surface area contributed by atoms with Crippen molar-refractivity contribution in [2.45, 2.75) is 84.9 Å². The van der Waals surface area contributed by atoms with E-state index in [0.29, 0.717) is 42.2 Å². The molecule has 0 saturated heterocycles. The number of halogens is 1. The van der Waals surface area contributed by atoms with Crippen molar-refractivity contribution in [3.63, 3.8) is 0 Å². The van der Waals surface area contributed by atoms with Gasteiger partial charge in [0.15, 0.2) is 29.1 Å². The maximum atomic E-state index is 15.5. The highest BCUT2D eigenvalue weighted by Gasteiger charge is 2.34. The Bertz CT molecular complexity index is 1490. The highest BCUT2D eigenvalue weighted by atomic mass is 28.3. The normalized spacial score (nSPS) is 14.4. The smallest absolute Gasteiger partial charge is 0.412 e. The molecule has 2 N–H and O–H groups in total. The number of nitrogens with zero attached hydrogens (tertiary/aromatic N) is 3. The molecule has 41 heavy (non-hydrogen) atoms. The van der Waals surface area contributed by atoms with Crippen LogP contribution in [0.15, 0.2) is 12.1 Å². The minimum absolute atomic E-state index is 0.163. The molecule has 12 heteroatoms. The number of benzene rings is 1. The largest absolute Gasteiger partial charge is 0.490 e. The zero-order chi connectivity index (χ0) is 30.3. The van der Waals surface area contributed by atoms with Gasteiger partial charge in [0.2, 0.25) is 0 Å². The van der Waals surface area contributed by atoms with E-state index >= 15 is 4.39 Å². The molecule has 1 aromatic carbocycles. The predicted molar refractivity (Wildman–Crippen MR) is 156 cm³/mol. The van der Waals surface area contributed by atoms with Crippen molar-refractivity contribution in [2.75, 3.05) is 18.5 Å². The van der Waals surface area contributed by atoms with E-state index < -0.39 is 37.7 Å². The lowest BCUT2D eigenvalue weighted by atomic mass is 9.91. The van der Waals surface area contributed by atoms with Gasteiger partial charge in [-0.3, -0.25) is 5.32 Å². The van der Waals surface area contributed by atoms with E-state index in [9.17, 15) is 14.7 Å². The van der Waals surface area contributed by atoms with E-state index in [1.54, 1.807) is 33.8 Å². The topological polar surface area (TPSA) is 124 Å². The number of aromatic nitrogens is 3. The maximum Gasteiger partial charge on any atom is 0.412 e. The molecule has 2 aromatic heterocycles. The summed E-state index contributed by atoms with van der Waals surface area (Å²) in [6.07, 6.45) is -0.735. The quantitative estimate of drug-likeness (QED) is 0.295. The van der Waals surface area contributed by atoms with Gasteiger partial charge in [-0.25, -0.2) is 23.5 Å². The Hall–Kier alpha value is -3.51. The van der Waals surface area contributed by atoms with Crippen LogP contribution in [0.2, 0.25) is 25.7 Å². The van der Waals surface area contributed by atoms with Crippen molar-refractivity contribution >= 4 is 31.6 Å².